The van der Waals surface area contributed by atoms with E-state index in [4.69, 9.17) is 23.1 Å². The Morgan fingerprint density at radius 2 is 1.73 bits per heavy atom. The summed E-state index contributed by atoms with van der Waals surface area (Å²) in [4.78, 5) is 28.7. The highest BCUT2D eigenvalue weighted by atomic mass is 19.4. The number of amides is 1. The van der Waals surface area contributed by atoms with E-state index < -0.39 is 31.2 Å². The van der Waals surface area contributed by atoms with Crippen LogP contribution in [-0.2, 0) is 14.3 Å². The Balaban J connectivity index is 2.63. The van der Waals surface area contributed by atoms with Gasteiger partial charge in [-0.05, 0) is 25.7 Å². The number of carbonyl (C=O) groups is 2. The Morgan fingerprint density at radius 3 is 2.19 bits per heavy atom. The number of ether oxygens (including phenoxy) is 1. The predicted octanol–water partition coefficient (Wildman–Crippen LogP) is 2.65. The molecule has 0 aromatic heterocycles. The molecule has 1 aliphatic rings. The topological polar surface area (TPSA) is 87.9 Å². The average Bonchev–Trinajstić information content (AvgIpc) is 2.60. The zero-order valence-corrected chi connectivity index (χ0v) is 13.4. The van der Waals surface area contributed by atoms with E-state index in [0.717, 1.165) is 0 Å². The summed E-state index contributed by atoms with van der Waals surface area (Å²) in [5.41, 5.74) is 0.929. The third-order valence-electron chi connectivity index (χ3n) is 3.53. The number of nitrogens with zero attached hydrogens (tertiary/aromatic N) is 3. The summed E-state index contributed by atoms with van der Waals surface area (Å²) < 4.78 is 40.7. The van der Waals surface area contributed by atoms with Crippen molar-refractivity contribution in [3.05, 3.63) is 45.4 Å². The molecule has 0 heterocycles. The Hall–Kier alpha value is -3.32. The Morgan fingerprint density at radius 1 is 1.15 bits per heavy atom. The van der Waals surface area contributed by atoms with Crippen molar-refractivity contribution in [3.8, 4) is 6.07 Å². The van der Waals surface area contributed by atoms with Crippen LogP contribution in [0.4, 0.5) is 13.2 Å². The van der Waals surface area contributed by atoms with E-state index in [1.807, 2.05) is 0 Å². The van der Waals surface area contributed by atoms with Crippen LogP contribution in [0, 0.1) is 24.5 Å². The van der Waals surface area contributed by atoms with Gasteiger partial charge in [0.25, 0.3) is 11.4 Å². The van der Waals surface area contributed by atoms with Gasteiger partial charge in [0.2, 0.25) is 0 Å². The van der Waals surface area contributed by atoms with Gasteiger partial charge in [-0.3, -0.25) is 9.59 Å². The van der Waals surface area contributed by atoms with E-state index in [9.17, 15) is 22.8 Å². The highest BCUT2D eigenvalue weighted by Crippen LogP contribution is 2.32. The maximum absolute atomic E-state index is 12.0. The van der Waals surface area contributed by atoms with Crippen LogP contribution in [0.5, 0.6) is 0 Å². The van der Waals surface area contributed by atoms with E-state index >= 15 is 0 Å². The van der Waals surface area contributed by atoms with Gasteiger partial charge in [-0.1, -0.05) is 11.1 Å². The zero-order chi connectivity index (χ0) is 19.7. The lowest BCUT2D eigenvalue weighted by atomic mass is 9.88. The van der Waals surface area contributed by atoms with Crippen molar-refractivity contribution < 1.29 is 27.5 Å². The molecule has 1 saturated carbocycles. The third-order valence-corrected chi connectivity index (χ3v) is 3.53. The predicted molar refractivity (Wildman–Crippen MR) is 81.4 cm³/mol. The second kappa shape index (κ2) is 9.24. The van der Waals surface area contributed by atoms with Crippen LogP contribution in [0.15, 0.2) is 22.5 Å². The van der Waals surface area contributed by atoms with Crippen LogP contribution in [0.25, 0.3) is 9.69 Å². The summed E-state index contributed by atoms with van der Waals surface area (Å²) in [5.74, 6) is -3.12. The van der Waals surface area contributed by atoms with Crippen molar-refractivity contribution in [1.82, 2.24) is 5.32 Å². The average molecular weight is 366 g/mol. The fourth-order valence-corrected chi connectivity index (χ4v) is 2.26. The molecule has 0 aliphatic heterocycles. The maximum Gasteiger partial charge on any atom is 0.471 e. The van der Waals surface area contributed by atoms with Gasteiger partial charge < -0.3 is 10.1 Å². The number of alkyl halides is 3. The molecule has 0 atom stereocenters. The molecule has 0 unspecified atom stereocenters. The van der Waals surface area contributed by atoms with Crippen LogP contribution in [0.3, 0.4) is 0 Å². The van der Waals surface area contributed by atoms with Crippen LogP contribution in [0.1, 0.15) is 25.7 Å². The molecule has 1 amide bonds. The first-order valence-electron chi connectivity index (χ1n) is 7.35. The Labute approximate surface area is 147 Å². The molecule has 0 spiro atoms. The van der Waals surface area contributed by atoms with Gasteiger partial charge in [0, 0.05) is 0 Å². The summed E-state index contributed by atoms with van der Waals surface area (Å²) in [6.07, 6.45) is -3.65. The summed E-state index contributed by atoms with van der Waals surface area (Å²) in [6.45, 7) is 13.0. The van der Waals surface area contributed by atoms with E-state index in [0.29, 0.717) is 36.8 Å². The van der Waals surface area contributed by atoms with Gasteiger partial charge in [0.15, 0.2) is 0 Å². The lowest BCUT2D eigenvalue weighted by Gasteiger charge is -2.19. The van der Waals surface area contributed by atoms with Crippen LogP contribution in [-0.4, -0.2) is 31.2 Å². The van der Waals surface area contributed by atoms with Gasteiger partial charge in [-0.2, -0.15) is 13.2 Å². The van der Waals surface area contributed by atoms with Gasteiger partial charge in [0.1, 0.15) is 6.61 Å². The molecular weight excluding hydrogens is 353 g/mol. The van der Waals surface area contributed by atoms with Crippen molar-refractivity contribution in [3.63, 3.8) is 0 Å². The van der Waals surface area contributed by atoms with Crippen molar-refractivity contribution >= 4 is 11.9 Å². The normalized spacial score (nSPS) is 13.7. The van der Waals surface area contributed by atoms with E-state index in [2.05, 4.69) is 9.69 Å². The standard InChI is InChI=1S/C16H13F3N4O3/c1-21-12(9-20)10-3-5-11(6-4-10)13(22-2)14(24)26-8-7-23-15(25)16(17,18)19/h3-8H2,(H,23,25). The maximum atomic E-state index is 12.0. The Bertz CT molecular complexity index is 749. The minimum absolute atomic E-state index is 0.0106. The van der Waals surface area contributed by atoms with Crippen molar-refractivity contribution in [2.75, 3.05) is 13.2 Å². The van der Waals surface area contributed by atoms with Crippen LogP contribution < -0.4 is 5.32 Å². The fourth-order valence-electron chi connectivity index (χ4n) is 2.26. The van der Waals surface area contributed by atoms with E-state index in [1.165, 1.54) is 0 Å². The summed E-state index contributed by atoms with van der Waals surface area (Å²) >= 11 is 0. The molecule has 1 rings (SSSR count). The monoisotopic (exact) mass is 366 g/mol. The quantitative estimate of drug-likeness (QED) is 0.272. The van der Waals surface area contributed by atoms with Gasteiger partial charge in [-0.15, -0.1) is 0 Å². The number of allylic oxidation sites excluding steroid dienone is 3. The lowest BCUT2D eigenvalue weighted by molar-refractivity contribution is -0.173. The third kappa shape index (κ3) is 5.64. The first kappa shape index (κ1) is 20.7. The van der Waals surface area contributed by atoms with Crippen molar-refractivity contribution in [2.45, 2.75) is 31.9 Å². The number of esters is 1. The van der Waals surface area contributed by atoms with Gasteiger partial charge in [0.05, 0.1) is 25.8 Å². The second-order valence-electron chi connectivity index (χ2n) is 5.13. The van der Waals surface area contributed by atoms with Crippen molar-refractivity contribution in [1.29, 1.82) is 5.26 Å². The zero-order valence-electron chi connectivity index (χ0n) is 13.4. The fraction of sp³-hybridized carbons (Fsp3) is 0.438. The van der Waals surface area contributed by atoms with Gasteiger partial charge in [-0.25, -0.2) is 15.0 Å². The van der Waals surface area contributed by atoms with Crippen LogP contribution >= 0.6 is 0 Å². The minimum Gasteiger partial charge on any atom is -0.469 e. The summed E-state index contributed by atoms with van der Waals surface area (Å²) in [7, 11) is 0. The van der Waals surface area contributed by atoms with E-state index in [-0.39, 0.29) is 11.4 Å². The highest BCUT2D eigenvalue weighted by Gasteiger charge is 2.38. The molecule has 0 bridgehead atoms. The molecule has 1 N–H and O–H groups in total. The van der Waals surface area contributed by atoms with Crippen LogP contribution in [0.2, 0.25) is 0 Å². The molecule has 0 aromatic rings. The first-order chi connectivity index (χ1) is 12.2. The van der Waals surface area contributed by atoms with Gasteiger partial charge >= 0.3 is 18.1 Å². The number of halogens is 3. The molecule has 136 valence electrons. The number of hydrogen-bond acceptors (Lipinski definition) is 4. The van der Waals surface area contributed by atoms with E-state index in [1.54, 1.807) is 11.4 Å². The molecule has 7 nitrogen and oxygen atoms in total. The largest absolute Gasteiger partial charge is 0.471 e. The summed E-state index contributed by atoms with van der Waals surface area (Å²) in [5, 5.41) is 10.4. The molecule has 0 aromatic carbocycles. The second-order valence-corrected chi connectivity index (χ2v) is 5.13. The minimum atomic E-state index is -5.02. The summed E-state index contributed by atoms with van der Waals surface area (Å²) in [6, 6.07) is 1.80. The molecule has 10 heteroatoms. The molecule has 1 aliphatic carbocycles. The van der Waals surface area contributed by atoms with Crippen molar-refractivity contribution in [2.24, 2.45) is 0 Å². The SMILES string of the molecule is [C-]#[N+]C(C#N)=C1CCC(=C([N+]#[C-])C(=O)OCCNC(=O)C(F)(F)F)CC1. The number of carbonyl (C=O) groups excluding carboxylic acids is 2. The lowest BCUT2D eigenvalue weighted by Crippen LogP contribution is -2.38. The Kier molecular flexibility index (Phi) is 7.36. The molecular formula is C16H13F3N4O3. The highest BCUT2D eigenvalue weighted by molar-refractivity contribution is 5.91. The molecule has 1 fully saturated rings. The number of nitrogens with one attached hydrogen (secondary N) is 1. The number of nitriles is 1. The number of rotatable bonds is 4. The molecule has 26 heavy (non-hydrogen) atoms. The molecule has 0 saturated heterocycles. The number of hydrogen-bond donors (Lipinski definition) is 1. The first-order valence-corrected chi connectivity index (χ1v) is 7.35. The molecule has 0 radical (unpaired) electrons. The smallest absolute Gasteiger partial charge is 0.469 e.